The number of aliphatic hydroxyl groups is 1. The highest BCUT2D eigenvalue weighted by Gasteiger charge is 2.37. The van der Waals surface area contributed by atoms with Crippen molar-refractivity contribution in [1.82, 2.24) is 0 Å². The van der Waals surface area contributed by atoms with Gasteiger partial charge in [-0.2, -0.15) is 0 Å². The highest BCUT2D eigenvalue weighted by molar-refractivity contribution is 5.25. The average molecular weight is 214 g/mol. The van der Waals surface area contributed by atoms with Gasteiger partial charge in [-0.1, -0.05) is 20.8 Å². The summed E-state index contributed by atoms with van der Waals surface area (Å²) >= 11 is 0. The molecule has 0 aromatic heterocycles. The lowest BCUT2D eigenvalue weighted by Gasteiger charge is -2.37. The van der Waals surface area contributed by atoms with Crippen LogP contribution in [0.25, 0.3) is 0 Å². The van der Waals surface area contributed by atoms with Crippen LogP contribution in [-0.4, -0.2) is 5.11 Å². The third-order valence-electron chi connectivity index (χ3n) is 2.89. The summed E-state index contributed by atoms with van der Waals surface area (Å²) in [6.45, 7) is 7.00. The van der Waals surface area contributed by atoms with E-state index in [1.54, 1.807) is 6.92 Å². The molecular formula is C12H16F2O. The van der Waals surface area contributed by atoms with Crippen LogP contribution in [0.1, 0.15) is 33.3 Å². The molecule has 15 heavy (non-hydrogen) atoms. The van der Waals surface area contributed by atoms with Crippen molar-refractivity contribution in [2.75, 3.05) is 0 Å². The molecule has 0 amide bonds. The summed E-state index contributed by atoms with van der Waals surface area (Å²) in [6.07, 6.45) is 0. The Balaban J connectivity index is 3.27. The number of hydrogen-bond acceptors (Lipinski definition) is 1. The van der Waals surface area contributed by atoms with Gasteiger partial charge >= 0.3 is 0 Å². The number of halogens is 2. The normalized spacial score (nSPS) is 16.2. The highest BCUT2D eigenvalue weighted by Crippen LogP contribution is 2.39. The van der Waals surface area contributed by atoms with Crippen LogP contribution >= 0.6 is 0 Å². The Labute approximate surface area is 88.7 Å². The minimum absolute atomic E-state index is 0.257. The molecule has 1 atom stereocenters. The Morgan fingerprint density at radius 3 is 1.67 bits per heavy atom. The molecule has 84 valence electrons. The molecule has 0 aliphatic carbocycles. The van der Waals surface area contributed by atoms with Gasteiger partial charge in [0.2, 0.25) is 0 Å². The zero-order chi connectivity index (χ0) is 11.9. The molecule has 0 heterocycles. The third-order valence-corrected chi connectivity index (χ3v) is 2.89. The van der Waals surface area contributed by atoms with Gasteiger partial charge in [0.1, 0.15) is 11.6 Å². The molecular weight excluding hydrogens is 198 g/mol. The van der Waals surface area contributed by atoms with Gasteiger partial charge in [0.25, 0.3) is 0 Å². The summed E-state index contributed by atoms with van der Waals surface area (Å²) in [6, 6.07) is 3.12. The summed E-state index contributed by atoms with van der Waals surface area (Å²) in [5, 5.41) is 10.2. The predicted octanol–water partition coefficient (Wildman–Crippen LogP) is 3.22. The first-order chi connectivity index (χ1) is 6.64. The van der Waals surface area contributed by atoms with Crippen molar-refractivity contribution in [3.05, 3.63) is 35.4 Å². The maximum Gasteiger partial charge on any atom is 0.126 e. The maximum atomic E-state index is 13.0. The quantitative estimate of drug-likeness (QED) is 0.761. The second-order valence-electron chi connectivity index (χ2n) is 4.98. The Morgan fingerprint density at radius 1 is 0.933 bits per heavy atom. The summed E-state index contributed by atoms with van der Waals surface area (Å²) in [4.78, 5) is 0. The fourth-order valence-corrected chi connectivity index (χ4v) is 1.27. The van der Waals surface area contributed by atoms with Crippen LogP contribution in [0, 0.1) is 17.0 Å². The van der Waals surface area contributed by atoms with E-state index < -0.39 is 22.7 Å². The van der Waals surface area contributed by atoms with Gasteiger partial charge in [0.05, 0.1) is 5.60 Å². The molecule has 0 aliphatic heterocycles. The van der Waals surface area contributed by atoms with E-state index in [-0.39, 0.29) is 5.56 Å². The number of hydrogen-bond donors (Lipinski definition) is 1. The minimum Gasteiger partial charge on any atom is -0.385 e. The van der Waals surface area contributed by atoms with Gasteiger partial charge < -0.3 is 5.11 Å². The minimum atomic E-state index is -1.27. The van der Waals surface area contributed by atoms with E-state index in [4.69, 9.17) is 0 Å². The van der Waals surface area contributed by atoms with Crippen molar-refractivity contribution >= 4 is 0 Å². The van der Waals surface area contributed by atoms with Gasteiger partial charge in [-0.05, 0) is 30.0 Å². The monoisotopic (exact) mass is 214 g/mol. The molecule has 0 fully saturated rings. The summed E-state index contributed by atoms with van der Waals surface area (Å²) in [7, 11) is 0. The van der Waals surface area contributed by atoms with Crippen molar-refractivity contribution in [3.8, 4) is 0 Å². The molecule has 1 N–H and O–H groups in total. The zero-order valence-electron chi connectivity index (χ0n) is 9.44. The van der Waals surface area contributed by atoms with Crippen molar-refractivity contribution in [1.29, 1.82) is 0 Å². The highest BCUT2D eigenvalue weighted by atomic mass is 19.1. The Hall–Kier alpha value is -0.960. The van der Waals surface area contributed by atoms with E-state index in [1.165, 1.54) is 0 Å². The fourth-order valence-electron chi connectivity index (χ4n) is 1.27. The lowest BCUT2D eigenvalue weighted by Crippen LogP contribution is -2.37. The molecule has 1 aromatic carbocycles. The summed E-state index contributed by atoms with van der Waals surface area (Å²) in [5.41, 5.74) is -1.50. The van der Waals surface area contributed by atoms with Gasteiger partial charge in [-0.25, -0.2) is 8.78 Å². The van der Waals surface area contributed by atoms with Crippen LogP contribution in [0.15, 0.2) is 18.2 Å². The lowest BCUT2D eigenvalue weighted by molar-refractivity contribution is -0.0474. The topological polar surface area (TPSA) is 20.2 Å². The molecule has 0 saturated heterocycles. The Kier molecular flexibility index (Phi) is 2.88. The van der Waals surface area contributed by atoms with Crippen LogP contribution in [0.3, 0.4) is 0 Å². The predicted molar refractivity (Wildman–Crippen MR) is 55.4 cm³/mol. The molecule has 0 aliphatic rings. The van der Waals surface area contributed by atoms with Crippen molar-refractivity contribution in [2.45, 2.75) is 33.3 Å². The molecule has 1 nitrogen and oxygen atoms in total. The van der Waals surface area contributed by atoms with Crippen LogP contribution in [0.5, 0.6) is 0 Å². The van der Waals surface area contributed by atoms with Gasteiger partial charge in [-0.3, -0.25) is 0 Å². The average Bonchev–Trinajstić information content (AvgIpc) is 1.99. The van der Waals surface area contributed by atoms with E-state index in [9.17, 15) is 13.9 Å². The van der Waals surface area contributed by atoms with Crippen LogP contribution in [0.2, 0.25) is 0 Å². The SMILES string of the molecule is CC(C)(C)C(C)(O)c1cc(F)cc(F)c1. The first kappa shape index (κ1) is 12.1. The van der Waals surface area contributed by atoms with E-state index >= 15 is 0 Å². The van der Waals surface area contributed by atoms with E-state index in [2.05, 4.69) is 0 Å². The first-order valence-electron chi connectivity index (χ1n) is 4.83. The van der Waals surface area contributed by atoms with Crippen molar-refractivity contribution in [2.24, 2.45) is 5.41 Å². The first-order valence-corrected chi connectivity index (χ1v) is 4.83. The molecule has 1 unspecified atom stereocenters. The second-order valence-corrected chi connectivity index (χ2v) is 4.98. The van der Waals surface area contributed by atoms with Gasteiger partial charge in [0, 0.05) is 6.07 Å². The second kappa shape index (κ2) is 3.56. The zero-order valence-corrected chi connectivity index (χ0v) is 9.44. The standard InChI is InChI=1S/C12H16F2O/c1-11(2,3)12(4,15)8-5-9(13)7-10(14)6-8/h5-7,15H,1-4H3. The maximum absolute atomic E-state index is 13.0. The van der Waals surface area contributed by atoms with E-state index in [0.29, 0.717) is 0 Å². The van der Waals surface area contributed by atoms with Crippen LogP contribution in [0.4, 0.5) is 8.78 Å². The van der Waals surface area contributed by atoms with E-state index in [0.717, 1.165) is 18.2 Å². The largest absolute Gasteiger partial charge is 0.385 e. The van der Waals surface area contributed by atoms with Crippen LogP contribution < -0.4 is 0 Å². The molecule has 0 bridgehead atoms. The molecule has 1 aromatic rings. The molecule has 1 rings (SSSR count). The number of rotatable bonds is 1. The molecule has 0 spiro atoms. The van der Waals surface area contributed by atoms with Crippen molar-refractivity contribution < 1.29 is 13.9 Å². The third kappa shape index (κ3) is 2.34. The Bertz CT molecular complexity index is 344. The fraction of sp³-hybridized carbons (Fsp3) is 0.500. The molecule has 0 saturated carbocycles. The van der Waals surface area contributed by atoms with Crippen LogP contribution in [-0.2, 0) is 5.60 Å². The lowest BCUT2D eigenvalue weighted by atomic mass is 9.73. The summed E-state index contributed by atoms with van der Waals surface area (Å²) < 4.78 is 26.0. The van der Waals surface area contributed by atoms with E-state index in [1.807, 2.05) is 20.8 Å². The van der Waals surface area contributed by atoms with Crippen molar-refractivity contribution in [3.63, 3.8) is 0 Å². The van der Waals surface area contributed by atoms with Gasteiger partial charge in [-0.15, -0.1) is 0 Å². The van der Waals surface area contributed by atoms with Gasteiger partial charge in [0.15, 0.2) is 0 Å². The smallest absolute Gasteiger partial charge is 0.126 e. The number of benzene rings is 1. The molecule has 0 radical (unpaired) electrons. The Morgan fingerprint density at radius 2 is 1.33 bits per heavy atom. The summed E-state index contributed by atoms with van der Waals surface area (Å²) in [5.74, 6) is -1.34. The molecule has 3 heteroatoms.